The van der Waals surface area contributed by atoms with Gasteiger partial charge in [0.2, 0.25) is 0 Å². The van der Waals surface area contributed by atoms with Crippen molar-refractivity contribution in [1.82, 2.24) is 0 Å². The van der Waals surface area contributed by atoms with Crippen molar-refractivity contribution in [3.8, 4) is 28.4 Å². The Kier molecular flexibility index (Phi) is 7.23. The van der Waals surface area contributed by atoms with Crippen molar-refractivity contribution in [3.05, 3.63) is 75.8 Å². The average molecular weight is 479 g/mol. The van der Waals surface area contributed by atoms with Gasteiger partial charge < -0.3 is 14.9 Å². The van der Waals surface area contributed by atoms with Crippen LogP contribution in [0, 0.1) is 0 Å². The molecule has 0 aliphatic heterocycles. The van der Waals surface area contributed by atoms with Gasteiger partial charge in [-0.1, -0.05) is 62.8 Å². The quantitative estimate of drug-likeness (QED) is 0.255. The SMILES string of the molecule is CCCCCCCCOc1ccc(-c2ccc3c(c2O)C(=O)c2ccc(Cl)c(O)c2C3=O)cc1. The highest BCUT2D eigenvalue weighted by Gasteiger charge is 2.35. The number of carbonyl (C=O) groups excluding carboxylic acids is 2. The van der Waals surface area contributed by atoms with Crippen LogP contribution < -0.4 is 4.74 Å². The Morgan fingerprint density at radius 3 is 1.94 bits per heavy atom. The van der Waals surface area contributed by atoms with Crippen molar-refractivity contribution in [2.75, 3.05) is 6.61 Å². The standard InChI is InChI=1S/C28H27ClO5/c1-2-3-4-5-6-7-16-34-18-10-8-17(9-11-18)19-12-13-20-23(25(19)30)26(31)21-14-15-22(29)28(33)24(21)27(20)32/h8-15,30,33H,2-7,16H2,1H3. The Morgan fingerprint density at radius 2 is 1.26 bits per heavy atom. The van der Waals surface area contributed by atoms with Crippen molar-refractivity contribution in [3.63, 3.8) is 0 Å². The Hall–Kier alpha value is -3.31. The van der Waals surface area contributed by atoms with Gasteiger partial charge in [0.05, 0.1) is 22.8 Å². The lowest BCUT2D eigenvalue weighted by molar-refractivity contribution is 0.0974. The molecule has 0 bridgehead atoms. The normalized spacial score (nSPS) is 12.4. The van der Waals surface area contributed by atoms with Gasteiger partial charge in [-0.2, -0.15) is 0 Å². The summed E-state index contributed by atoms with van der Waals surface area (Å²) in [4.78, 5) is 26.1. The highest BCUT2D eigenvalue weighted by atomic mass is 35.5. The smallest absolute Gasteiger partial charge is 0.198 e. The van der Waals surface area contributed by atoms with Crippen LogP contribution in [0.25, 0.3) is 11.1 Å². The van der Waals surface area contributed by atoms with Crippen LogP contribution in [-0.4, -0.2) is 28.4 Å². The Balaban J connectivity index is 1.52. The molecule has 3 aromatic carbocycles. The second-order valence-corrected chi connectivity index (χ2v) is 8.91. The molecule has 6 heteroatoms. The zero-order valence-electron chi connectivity index (χ0n) is 19.1. The third-order valence-corrected chi connectivity index (χ3v) is 6.49. The minimum atomic E-state index is -0.551. The second-order valence-electron chi connectivity index (χ2n) is 8.50. The molecule has 0 spiro atoms. The molecule has 0 saturated carbocycles. The molecule has 4 rings (SSSR count). The lowest BCUT2D eigenvalue weighted by Gasteiger charge is -2.21. The van der Waals surface area contributed by atoms with Gasteiger partial charge in [-0.05, 0) is 48.4 Å². The number of rotatable bonds is 9. The van der Waals surface area contributed by atoms with Gasteiger partial charge in [0, 0.05) is 16.7 Å². The molecule has 0 heterocycles. The van der Waals surface area contributed by atoms with Crippen molar-refractivity contribution < 1.29 is 24.5 Å². The number of carbonyl (C=O) groups is 2. The summed E-state index contributed by atoms with van der Waals surface area (Å²) in [7, 11) is 0. The molecule has 0 radical (unpaired) electrons. The van der Waals surface area contributed by atoms with Crippen LogP contribution in [0.5, 0.6) is 17.2 Å². The topological polar surface area (TPSA) is 83.8 Å². The summed E-state index contributed by atoms with van der Waals surface area (Å²) in [6.45, 7) is 2.86. The van der Waals surface area contributed by atoms with E-state index in [4.69, 9.17) is 16.3 Å². The van der Waals surface area contributed by atoms with Gasteiger partial charge in [0.25, 0.3) is 0 Å². The van der Waals surface area contributed by atoms with Gasteiger partial charge in [-0.15, -0.1) is 0 Å². The summed E-state index contributed by atoms with van der Waals surface area (Å²) >= 11 is 5.93. The fraction of sp³-hybridized carbons (Fsp3) is 0.286. The molecular formula is C28H27ClO5. The number of hydrogen-bond acceptors (Lipinski definition) is 5. The monoisotopic (exact) mass is 478 g/mol. The van der Waals surface area contributed by atoms with Crippen LogP contribution in [0.4, 0.5) is 0 Å². The van der Waals surface area contributed by atoms with Crippen molar-refractivity contribution in [2.45, 2.75) is 45.4 Å². The molecule has 2 N–H and O–H groups in total. The molecule has 0 amide bonds. The maximum Gasteiger partial charge on any atom is 0.198 e. The van der Waals surface area contributed by atoms with Crippen molar-refractivity contribution in [2.24, 2.45) is 0 Å². The minimum absolute atomic E-state index is 0.0111. The van der Waals surface area contributed by atoms with E-state index in [1.807, 2.05) is 24.3 Å². The van der Waals surface area contributed by atoms with E-state index in [1.54, 1.807) is 6.07 Å². The van der Waals surface area contributed by atoms with Gasteiger partial charge in [0.15, 0.2) is 11.6 Å². The van der Waals surface area contributed by atoms with E-state index in [0.29, 0.717) is 17.7 Å². The minimum Gasteiger partial charge on any atom is -0.507 e. The van der Waals surface area contributed by atoms with Crippen LogP contribution >= 0.6 is 11.6 Å². The number of halogens is 1. The van der Waals surface area contributed by atoms with E-state index in [-0.39, 0.29) is 33.0 Å². The second kappa shape index (κ2) is 10.3. The molecular weight excluding hydrogens is 452 g/mol. The maximum atomic E-state index is 13.1. The van der Waals surface area contributed by atoms with Gasteiger partial charge in [-0.3, -0.25) is 9.59 Å². The Labute approximate surface area is 204 Å². The molecule has 0 saturated heterocycles. The molecule has 176 valence electrons. The summed E-state index contributed by atoms with van der Waals surface area (Å²) in [6, 6.07) is 13.1. The number of phenols is 2. The number of ketones is 2. The number of ether oxygens (including phenoxy) is 1. The lowest BCUT2D eigenvalue weighted by Crippen LogP contribution is -2.21. The molecule has 1 aliphatic rings. The molecule has 0 fully saturated rings. The third-order valence-electron chi connectivity index (χ3n) is 6.18. The van der Waals surface area contributed by atoms with Crippen molar-refractivity contribution in [1.29, 1.82) is 0 Å². The van der Waals surface area contributed by atoms with Crippen LogP contribution in [-0.2, 0) is 0 Å². The summed E-state index contributed by atoms with van der Waals surface area (Å²) in [5, 5.41) is 21.2. The summed E-state index contributed by atoms with van der Waals surface area (Å²) in [6.07, 6.45) is 7.17. The molecule has 3 aromatic rings. The summed E-state index contributed by atoms with van der Waals surface area (Å²) < 4.78 is 5.82. The molecule has 0 unspecified atom stereocenters. The molecule has 0 aromatic heterocycles. The van der Waals surface area contributed by atoms with Gasteiger partial charge in [-0.25, -0.2) is 0 Å². The van der Waals surface area contributed by atoms with E-state index in [1.165, 1.54) is 43.9 Å². The van der Waals surface area contributed by atoms with E-state index >= 15 is 0 Å². The average Bonchev–Trinajstić information content (AvgIpc) is 2.84. The predicted octanol–water partition coefficient (Wildman–Crippen LogP) is 6.93. The number of benzene rings is 3. The predicted molar refractivity (Wildman–Crippen MR) is 132 cm³/mol. The number of fused-ring (bicyclic) bond motifs is 2. The number of aromatic hydroxyl groups is 2. The van der Waals surface area contributed by atoms with Crippen molar-refractivity contribution >= 4 is 23.2 Å². The lowest BCUT2D eigenvalue weighted by atomic mass is 9.81. The molecule has 0 atom stereocenters. The summed E-state index contributed by atoms with van der Waals surface area (Å²) in [5.41, 5.74) is 0.978. The van der Waals surface area contributed by atoms with Gasteiger partial charge in [0.1, 0.15) is 17.2 Å². The number of hydrogen-bond donors (Lipinski definition) is 2. The van der Waals surface area contributed by atoms with E-state index < -0.39 is 17.3 Å². The van der Waals surface area contributed by atoms with E-state index in [0.717, 1.165) is 18.6 Å². The van der Waals surface area contributed by atoms with E-state index in [2.05, 4.69) is 6.92 Å². The number of unbranched alkanes of at least 4 members (excludes halogenated alkanes) is 5. The largest absolute Gasteiger partial charge is 0.507 e. The van der Waals surface area contributed by atoms with Crippen LogP contribution in [0.2, 0.25) is 5.02 Å². The molecule has 5 nitrogen and oxygen atoms in total. The maximum absolute atomic E-state index is 13.1. The zero-order chi connectivity index (χ0) is 24.2. The summed E-state index contributed by atoms with van der Waals surface area (Å²) in [5.74, 6) is -1.04. The first-order chi connectivity index (χ1) is 16.4. The zero-order valence-corrected chi connectivity index (χ0v) is 19.8. The highest BCUT2D eigenvalue weighted by Crippen LogP contribution is 2.42. The van der Waals surface area contributed by atoms with Crippen LogP contribution in [0.15, 0.2) is 48.5 Å². The first-order valence-electron chi connectivity index (χ1n) is 11.6. The third kappa shape index (κ3) is 4.53. The molecule has 34 heavy (non-hydrogen) atoms. The van der Waals surface area contributed by atoms with E-state index in [9.17, 15) is 19.8 Å². The fourth-order valence-corrected chi connectivity index (χ4v) is 4.46. The Bertz CT molecular complexity index is 1230. The van der Waals surface area contributed by atoms with Gasteiger partial charge >= 0.3 is 0 Å². The highest BCUT2D eigenvalue weighted by molar-refractivity contribution is 6.36. The number of phenolic OH excluding ortho intramolecular Hbond substituents is 2. The van der Waals surface area contributed by atoms with Crippen LogP contribution in [0.1, 0.15) is 77.3 Å². The fourth-order valence-electron chi connectivity index (χ4n) is 4.30. The molecule has 1 aliphatic carbocycles. The van der Waals surface area contributed by atoms with Crippen LogP contribution in [0.3, 0.4) is 0 Å². The first-order valence-corrected chi connectivity index (χ1v) is 12.0. The Morgan fingerprint density at radius 1 is 0.706 bits per heavy atom. The first kappa shape index (κ1) is 23.8.